The summed E-state index contributed by atoms with van der Waals surface area (Å²) in [6.07, 6.45) is 0.697. The monoisotopic (exact) mass is 342 g/mol. The third-order valence-electron chi connectivity index (χ3n) is 4.96. The minimum Gasteiger partial charge on any atom is -0.343 e. The molecule has 0 heterocycles. The highest BCUT2D eigenvalue weighted by atomic mass is 15.2. The largest absolute Gasteiger partial charge is 0.343 e. The zero-order valence-electron chi connectivity index (χ0n) is 15.5. The van der Waals surface area contributed by atoms with Crippen molar-refractivity contribution >= 4 is 5.84 Å². The summed E-state index contributed by atoms with van der Waals surface area (Å²) in [5.41, 5.74) is 3.01. The summed E-state index contributed by atoms with van der Waals surface area (Å²) in [6.45, 7) is 4.94. The molecule has 3 aromatic rings. The van der Waals surface area contributed by atoms with E-state index >= 15 is 0 Å². The van der Waals surface area contributed by atoms with Gasteiger partial charge in [-0.05, 0) is 23.6 Å². The molecule has 0 saturated heterocycles. The van der Waals surface area contributed by atoms with Crippen LogP contribution in [0.1, 0.15) is 37.0 Å². The SMILES string of the molecule is CCC(=N)N(CC)C(c1ccccc1)(c1ccccc1)c1ccccc1. The molecule has 0 aliphatic heterocycles. The van der Waals surface area contributed by atoms with E-state index < -0.39 is 5.54 Å². The Bertz CT molecular complexity index is 729. The lowest BCUT2D eigenvalue weighted by molar-refractivity contribution is 0.271. The fourth-order valence-electron chi connectivity index (χ4n) is 3.83. The van der Waals surface area contributed by atoms with Crippen molar-refractivity contribution in [1.29, 1.82) is 5.41 Å². The first-order chi connectivity index (χ1) is 12.7. The van der Waals surface area contributed by atoms with Crippen molar-refractivity contribution in [1.82, 2.24) is 4.90 Å². The van der Waals surface area contributed by atoms with Gasteiger partial charge in [0, 0.05) is 13.0 Å². The van der Waals surface area contributed by atoms with E-state index in [1.165, 1.54) is 16.7 Å². The lowest BCUT2D eigenvalue weighted by Gasteiger charge is -2.46. The fourth-order valence-corrected chi connectivity index (χ4v) is 3.83. The number of nitrogens with zero attached hydrogens (tertiary/aromatic N) is 1. The molecule has 0 amide bonds. The van der Waals surface area contributed by atoms with Crippen LogP contribution >= 0.6 is 0 Å². The summed E-state index contributed by atoms with van der Waals surface area (Å²) < 4.78 is 0. The Labute approximate surface area is 156 Å². The molecule has 3 aromatic carbocycles. The summed E-state index contributed by atoms with van der Waals surface area (Å²) in [5, 5.41) is 8.72. The van der Waals surface area contributed by atoms with Crippen LogP contribution in [0.3, 0.4) is 0 Å². The second-order valence-corrected chi connectivity index (χ2v) is 6.35. The molecule has 3 rings (SSSR count). The summed E-state index contributed by atoms with van der Waals surface area (Å²) in [7, 11) is 0. The number of benzene rings is 3. The predicted molar refractivity (Wildman–Crippen MR) is 110 cm³/mol. The van der Waals surface area contributed by atoms with Crippen LogP contribution in [0, 0.1) is 5.41 Å². The van der Waals surface area contributed by atoms with Gasteiger partial charge in [0.2, 0.25) is 0 Å². The van der Waals surface area contributed by atoms with Gasteiger partial charge in [0.1, 0.15) is 5.54 Å². The Kier molecular flexibility index (Phi) is 5.52. The van der Waals surface area contributed by atoms with E-state index in [9.17, 15) is 0 Å². The fraction of sp³-hybridized carbons (Fsp3) is 0.208. The molecule has 0 spiro atoms. The molecule has 0 radical (unpaired) electrons. The number of rotatable bonds is 6. The van der Waals surface area contributed by atoms with Gasteiger partial charge in [-0.1, -0.05) is 97.9 Å². The van der Waals surface area contributed by atoms with Crippen molar-refractivity contribution in [2.75, 3.05) is 6.54 Å². The van der Waals surface area contributed by atoms with Crippen molar-refractivity contribution in [2.45, 2.75) is 25.8 Å². The molecule has 26 heavy (non-hydrogen) atoms. The number of nitrogens with one attached hydrogen (secondary N) is 1. The normalized spacial score (nSPS) is 11.2. The van der Waals surface area contributed by atoms with E-state index in [4.69, 9.17) is 5.41 Å². The molecule has 132 valence electrons. The lowest BCUT2D eigenvalue weighted by atomic mass is 9.75. The first-order valence-corrected chi connectivity index (χ1v) is 9.26. The van der Waals surface area contributed by atoms with E-state index in [0.29, 0.717) is 12.3 Å². The van der Waals surface area contributed by atoms with Crippen molar-refractivity contribution in [3.63, 3.8) is 0 Å². The molecule has 0 atom stereocenters. The molecule has 2 heteroatoms. The lowest BCUT2D eigenvalue weighted by Crippen LogP contribution is -2.50. The molecule has 1 N–H and O–H groups in total. The van der Waals surface area contributed by atoms with Crippen molar-refractivity contribution in [2.24, 2.45) is 0 Å². The first kappa shape index (κ1) is 17.9. The van der Waals surface area contributed by atoms with Gasteiger partial charge in [-0.15, -0.1) is 0 Å². The molecule has 0 aromatic heterocycles. The zero-order chi connectivity index (χ0) is 18.4. The molecule has 0 aliphatic carbocycles. The van der Waals surface area contributed by atoms with Crippen LogP contribution in [0.4, 0.5) is 0 Å². The highest BCUT2D eigenvalue weighted by Gasteiger charge is 2.42. The maximum atomic E-state index is 8.72. The van der Waals surface area contributed by atoms with E-state index in [-0.39, 0.29) is 0 Å². The van der Waals surface area contributed by atoms with Crippen LogP contribution in [0.2, 0.25) is 0 Å². The van der Waals surface area contributed by atoms with Crippen LogP contribution in [-0.4, -0.2) is 17.3 Å². The minimum atomic E-state index is -0.522. The maximum absolute atomic E-state index is 8.72. The van der Waals surface area contributed by atoms with Crippen LogP contribution in [-0.2, 0) is 5.54 Å². The quantitative estimate of drug-likeness (QED) is 0.348. The molecular weight excluding hydrogens is 316 g/mol. The van der Waals surface area contributed by atoms with Gasteiger partial charge in [-0.3, -0.25) is 5.41 Å². The second kappa shape index (κ2) is 8.01. The predicted octanol–water partition coefficient (Wildman–Crippen LogP) is 5.69. The highest BCUT2D eigenvalue weighted by molar-refractivity contribution is 5.81. The van der Waals surface area contributed by atoms with Crippen LogP contribution in [0.25, 0.3) is 0 Å². The highest BCUT2D eigenvalue weighted by Crippen LogP contribution is 2.42. The third kappa shape index (κ3) is 3.03. The third-order valence-corrected chi connectivity index (χ3v) is 4.96. The molecular formula is C24H26N2. The maximum Gasteiger partial charge on any atom is 0.117 e. The zero-order valence-corrected chi connectivity index (χ0v) is 15.5. The molecule has 0 bridgehead atoms. The van der Waals surface area contributed by atoms with Gasteiger partial charge >= 0.3 is 0 Å². The van der Waals surface area contributed by atoms with E-state index in [1.54, 1.807) is 0 Å². The van der Waals surface area contributed by atoms with Crippen LogP contribution < -0.4 is 0 Å². The van der Waals surface area contributed by atoms with Gasteiger partial charge in [-0.2, -0.15) is 0 Å². The smallest absolute Gasteiger partial charge is 0.117 e. The van der Waals surface area contributed by atoms with Crippen LogP contribution in [0.5, 0.6) is 0 Å². The Morgan fingerprint density at radius 3 is 1.31 bits per heavy atom. The average molecular weight is 342 g/mol. The van der Waals surface area contributed by atoms with E-state index in [1.807, 2.05) is 18.2 Å². The average Bonchev–Trinajstić information content (AvgIpc) is 2.73. The Morgan fingerprint density at radius 2 is 1.04 bits per heavy atom. The van der Waals surface area contributed by atoms with Crippen molar-refractivity contribution in [3.05, 3.63) is 108 Å². The number of amidine groups is 1. The van der Waals surface area contributed by atoms with Gasteiger partial charge in [0.15, 0.2) is 0 Å². The second-order valence-electron chi connectivity index (χ2n) is 6.35. The Balaban J connectivity index is 2.41. The summed E-state index contributed by atoms with van der Waals surface area (Å²) >= 11 is 0. The van der Waals surface area contributed by atoms with Crippen molar-refractivity contribution in [3.8, 4) is 0 Å². The molecule has 0 saturated carbocycles. The van der Waals surface area contributed by atoms with Gasteiger partial charge < -0.3 is 4.90 Å². The van der Waals surface area contributed by atoms with E-state index in [2.05, 4.69) is 91.5 Å². The number of hydrogen-bond donors (Lipinski definition) is 1. The topological polar surface area (TPSA) is 27.1 Å². The summed E-state index contributed by atoms with van der Waals surface area (Å²) in [6, 6.07) is 31.7. The summed E-state index contributed by atoms with van der Waals surface area (Å²) in [4.78, 5) is 2.23. The molecule has 0 aliphatic rings. The Morgan fingerprint density at radius 1 is 0.692 bits per heavy atom. The van der Waals surface area contributed by atoms with Gasteiger partial charge in [0.25, 0.3) is 0 Å². The van der Waals surface area contributed by atoms with Gasteiger partial charge in [-0.25, -0.2) is 0 Å². The molecule has 0 fully saturated rings. The molecule has 0 unspecified atom stereocenters. The van der Waals surface area contributed by atoms with E-state index in [0.717, 1.165) is 6.54 Å². The minimum absolute atomic E-state index is 0.522. The first-order valence-electron chi connectivity index (χ1n) is 9.26. The Hall–Kier alpha value is -2.87. The molecule has 2 nitrogen and oxygen atoms in total. The van der Waals surface area contributed by atoms with Crippen LogP contribution in [0.15, 0.2) is 91.0 Å². The number of hydrogen-bond acceptors (Lipinski definition) is 1. The standard InChI is InChI=1S/C24H26N2/c1-3-23(25)26(4-2)24(20-14-8-5-9-15-20,21-16-10-6-11-17-21)22-18-12-7-13-19-22/h5-19,25H,3-4H2,1-2H3. The summed E-state index contributed by atoms with van der Waals surface area (Å²) in [5.74, 6) is 0.643. The van der Waals surface area contributed by atoms with Gasteiger partial charge in [0.05, 0.1) is 5.84 Å². The van der Waals surface area contributed by atoms with Crippen molar-refractivity contribution < 1.29 is 0 Å².